The minimum absolute atomic E-state index is 0.728. The molecule has 6 aromatic carbocycles. The molecule has 238 valence electrons. The number of hydrogen-bond acceptors (Lipinski definition) is 5. The molecule has 0 bridgehead atoms. The molecule has 0 saturated heterocycles. The van der Waals surface area contributed by atoms with Gasteiger partial charge in [0, 0.05) is 44.1 Å². The zero-order chi connectivity index (χ0) is 32.9. The van der Waals surface area contributed by atoms with Crippen LogP contribution in [0, 0.1) is 0 Å². The number of aromatic nitrogens is 2. The van der Waals surface area contributed by atoms with Gasteiger partial charge in [0.15, 0.2) is 9.79 Å². The van der Waals surface area contributed by atoms with Crippen LogP contribution in [-0.4, -0.2) is 42.1 Å². The molecule has 0 aliphatic rings. The van der Waals surface area contributed by atoms with Crippen molar-refractivity contribution in [2.24, 2.45) is 0 Å². The topological polar surface area (TPSA) is 69.8 Å². The lowest BCUT2D eigenvalue weighted by Crippen LogP contribution is -2.03. The van der Waals surface area contributed by atoms with Crippen molar-refractivity contribution in [1.82, 2.24) is 9.13 Å². The lowest BCUT2D eigenvalue weighted by Gasteiger charge is -2.13. The molecule has 0 unspecified atom stereocenters. The Kier molecular flexibility index (Phi) is 7.39. The van der Waals surface area contributed by atoms with Crippen LogP contribution in [0.2, 0.25) is 0 Å². The molecule has 7 nitrogen and oxygen atoms in total. The fourth-order valence-electron chi connectivity index (χ4n) is 6.60. The molecular weight excluding hydrogens is 621 g/mol. The zero-order valence-corrected chi connectivity index (χ0v) is 27.7. The summed E-state index contributed by atoms with van der Waals surface area (Å²) in [4.78, 5) is 1.46. The maximum atomic E-state index is 13.8. The monoisotopic (exact) mass is 652 g/mol. The number of ether oxygens (including phenoxy) is 4. The second kappa shape index (κ2) is 11.9. The highest BCUT2D eigenvalue weighted by molar-refractivity contribution is 7.91. The first-order chi connectivity index (χ1) is 23.5. The zero-order valence-electron chi connectivity index (χ0n) is 26.9. The van der Waals surface area contributed by atoms with E-state index in [-0.39, 0.29) is 0 Å². The third-order valence-corrected chi connectivity index (χ3v) is 10.4. The van der Waals surface area contributed by atoms with Gasteiger partial charge in [0.2, 0.25) is 0 Å². The van der Waals surface area contributed by atoms with E-state index in [4.69, 9.17) is 18.9 Å². The molecule has 0 N–H and O–H groups in total. The van der Waals surface area contributed by atoms with Crippen LogP contribution >= 0.6 is 0 Å². The average Bonchev–Trinajstić information content (AvgIpc) is 3.65. The minimum atomic E-state index is -1.37. The molecule has 48 heavy (non-hydrogen) atoms. The third-order valence-electron chi connectivity index (χ3n) is 8.98. The van der Waals surface area contributed by atoms with Crippen LogP contribution in [0.1, 0.15) is 0 Å². The molecule has 0 radical (unpaired) electrons. The normalized spacial score (nSPS) is 11.6. The van der Waals surface area contributed by atoms with E-state index in [1.165, 1.54) is 0 Å². The maximum Gasteiger partial charge on any atom is 0.158 e. The van der Waals surface area contributed by atoms with Gasteiger partial charge >= 0.3 is 0 Å². The van der Waals surface area contributed by atoms with Gasteiger partial charge in [0.05, 0.1) is 50.5 Å². The number of methoxy groups -OCH3 is 4. The van der Waals surface area contributed by atoms with Crippen LogP contribution in [-0.2, 0) is 11.2 Å². The Balaban J connectivity index is 1.14. The second-order valence-electron chi connectivity index (χ2n) is 11.5. The predicted octanol–water partition coefficient (Wildman–Crippen LogP) is 9.08. The van der Waals surface area contributed by atoms with Gasteiger partial charge in [-0.1, -0.05) is 0 Å². The molecule has 0 spiro atoms. The molecule has 8 rings (SSSR count). The van der Waals surface area contributed by atoms with E-state index in [0.717, 1.165) is 87.8 Å². The Hall–Kier alpha value is -5.57. The summed E-state index contributed by atoms with van der Waals surface area (Å²) in [7, 11) is 6.69. The Morgan fingerprint density at radius 3 is 0.917 bits per heavy atom. The molecule has 0 amide bonds. The first kappa shape index (κ1) is 29.8. The number of rotatable bonds is 8. The molecule has 0 saturated carbocycles. The van der Waals surface area contributed by atoms with E-state index in [9.17, 15) is 4.55 Å². The minimum Gasteiger partial charge on any atom is -0.606 e. The number of fused-ring (bicyclic) bond motifs is 6. The van der Waals surface area contributed by atoms with Gasteiger partial charge in [0.1, 0.15) is 23.0 Å². The fourth-order valence-corrected chi connectivity index (χ4v) is 7.64. The summed E-state index contributed by atoms with van der Waals surface area (Å²) >= 11 is -1.37. The summed E-state index contributed by atoms with van der Waals surface area (Å²) in [5.41, 5.74) is 6.13. The van der Waals surface area contributed by atoms with Gasteiger partial charge in [-0.3, -0.25) is 0 Å². The first-order valence-corrected chi connectivity index (χ1v) is 16.6. The maximum absolute atomic E-state index is 13.8. The number of hydrogen-bond donors (Lipinski definition) is 0. The Bertz CT molecular complexity index is 2170. The van der Waals surface area contributed by atoms with E-state index in [1.54, 1.807) is 28.4 Å². The van der Waals surface area contributed by atoms with Gasteiger partial charge < -0.3 is 32.6 Å². The Morgan fingerprint density at radius 1 is 0.396 bits per heavy atom. The van der Waals surface area contributed by atoms with Crippen molar-refractivity contribution in [3.63, 3.8) is 0 Å². The standard InChI is InChI=1S/C40H32N2O5S/c1-44-27-9-17-37-33(21-27)34-22-28(45-2)10-18-38(34)41(37)25-5-13-31(14-6-25)48(43)32-15-7-26(8-16-32)42-39-19-11-29(46-3)23-35(39)36-24-30(47-4)12-20-40(36)42/h5-24H,1-4H3. The lowest BCUT2D eigenvalue weighted by atomic mass is 10.1. The first-order valence-electron chi connectivity index (χ1n) is 15.5. The molecular formula is C40H32N2O5S. The largest absolute Gasteiger partial charge is 0.606 e. The van der Waals surface area contributed by atoms with E-state index in [0.29, 0.717) is 0 Å². The molecule has 8 aromatic rings. The molecule has 2 aromatic heterocycles. The SMILES string of the molecule is COc1ccc2c(c1)c1cc(OC)ccc1n2-c1ccc([S+]([O-])c2ccc(-n3c4ccc(OC)cc4c4cc(OC)ccc43)cc2)cc1. The average molecular weight is 653 g/mol. The summed E-state index contributed by atoms with van der Waals surface area (Å²) in [6, 6.07) is 40.2. The highest BCUT2D eigenvalue weighted by atomic mass is 32.2. The van der Waals surface area contributed by atoms with Crippen LogP contribution < -0.4 is 18.9 Å². The molecule has 8 heteroatoms. The molecule has 2 heterocycles. The van der Waals surface area contributed by atoms with E-state index >= 15 is 0 Å². The van der Waals surface area contributed by atoms with Crippen LogP contribution in [0.4, 0.5) is 0 Å². The van der Waals surface area contributed by atoms with E-state index in [2.05, 4.69) is 33.4 Å². The van der Waals surface area contributed by atoms with Crippen molar-refractivity contribution in [2.45, 2.75) is 9.79 Å². The van der Waals surface area contributed by atoms with Crippen molar-refractivity contribution < 1.29 is 23.5 Å². The second-order valence-corrected chi connectivity index (χ2v) is 12.9. The van der Waals surface area contributed by atoms with Crippen molar-refractivity contribution in [1.29, 1.82) is 0 Å². The van der Waals surface area contributed by atoms with Crippen LogP contribution in [0.3, 0.4) is 0 Å². The predicted molar refractivity (Wildman–Crippen MR) is 192 cm³/mol. The summed E-state index contributed by atoms with van der Waals surface area (Å²) in [6.45, 7) is 0. The highest BCUT2D eigenvalue weighted by Gasteiger charge is 2.19. The van der Waals surface area contributed by atoms with E-state index in [1.807, 2.05) is 97.1 Å². The van der Waals surface area contributed by atoms with Crippen molar-refractivity contribution in [3.8, 4) is 34.4 Å². The van der Waals surface area contributed by atoms with Crippen LogP contribution in [0.25, 0.3) is 55.0 Å². The fraction of sp³-hybridized carbons (Fsp3) is 0.100. The smallest absolute Gasteiger partial charge is 0.158 e. The number of benzene rings is 6. The van der Waals surface area contributed by atoms with Gasteiger partial charge in [-0.2, -0.15) is 0 Å². The quantitative estimate of drug-likeness (QED) is 0.153. The summed E-state index contributed by atoms with van der Waals surface area (Å²) in [6.07, 6.45) is 0. The number of nitrogens with zero attached hydrogens (tertiary/aromatic N) is 2. The van der Waals surface area contributed by atoms with Crippen molar-refractivity contribution in [2.75, 3.05) is 28.4 Å². The molecule has 0 aliphatic carbocycles. The summed E-state index contributed by atoms with van der Waals surface area (Å²) in [5.74, 6) is 3.17. The van der Waals surface area contributed by atoms with Crippen molar-refractivity contribution in [3.05, 3.63) is 121 Å². The summed E-state index contributed by atoms with van der Waals surface area (Å²) < 4.78 is 40.3. The van der Waals surface area contributed by atoms with E-state index < -0.39 is 11.2 Å². The van der Waals surface area contributed by atoms with Gasteiger partial charge in [-0.15, -0.1) is 0 Å². The van der Waals surface area contributed by atoms with Gasteiger partial charge in [0.25, 0.3) is 0 Å². The van der Waals surface area contributed by atoms with Crippen LogP contribution in [0.5, 0.6) is 23.0 Å². The lowest BCUT2D eigenvalue weighted by molar-refractivity contribution is 0.415. The summed E-state index contributed by atoms with van der Waals surface area (Å²) in [5, 5.41) is 4.27. The molecule has 0 atom stereocenters. The highest BCUT2D eigenvalue weighted by Crippen LogP contribution is 2.38. The molecule has 0 aliphatic heterocycles. The van der Waals surface area contributed by atoms with Crippen LogP contribution in [0.15, 0.2) is 131 Å². The van der Waals surface area contributed by atoms with Gasteiger partial charge in [-0.05, 0) is 121 Å². The Morgan fingerprint density at radius 2 is 0.667 bits per heavy atom. The Labute approximate surface area is 280 Å². The van der Waals surface area contributed by atoms with Crippen molar-refractivity contribution >= 4 is 54.8 Å². The third kappa shape index (κ3) is 4.80. The molecule has 0 fully saturated rings. The van der Waals surface area contributed by atoms with Gasteiger partial charge in [-0.25, -0.2) is 0 Å².